The van der Waals surface area contributed by atoms with Gasteiger partial charge < -0.3 is 0 Å². The molecule has 0 aliphatic carbocycles. The van der Waals surface area contributed by atoms with Gasteiger partial charge in [-0.3, -0.25) is 5.10 Å². The van der Waals surface area contributed by atoms with E-state index < -0.39 is 10.0 Å². The molecule has 2 rings (SSSR count). The molecule has 7 heteroatoms. The van der Waals surface area contributed by atoms with Crippen molar-refractivity contribution < 1.29 is 8.42 Å². The van der Waals surface area contributed by atoms with Crippen LogP contribution in [0.1, 0.15) is 12.1 Å². The van der Waals surface area contributed by atoms with Gasteiger partial charge in [-0.15, -0.1) is 0 Å². The number of thioether (sulfide) groups is 1. The van der Waals surface area contributed by atoms with Crippen molar-refractivity contribution in [1.29, 1.82) is 0 Å². The molecule has 0 saturated carbocycles. The zero-order valence-corrected chi connectivity index (χ0v) is 10.8. The first kappa shape index (κ1) is 11.9. The lowest BCUT2D eigenvalue weighted by molar-refractivity contribution is 0.434. The molecule has 1 saturated heterocycles. The molecule has 1 aromatic rings. The average Bonchev–Trinajstić information content (AvgIpc) is 2.55. The summed E-state index contributed by atoms with van der Waals surface area (Å²) in [5.41, 5.74) is 0.608. The minimum absolute atomic E-state index is 0.305. The van der Waals surface area contributed by atoms with E-state index in [0.717, 1.165) is 17.9 Å². The molecule has 1 aliphatic heterocycles. The Morgan fingerprint density at radius 2 is 2.25 bits per heavy atom. The van der Waals surface area contributed by atoms with Crippen LogP contribution in [0.4, 0.5) is 0 Å². The van der Waals surface area contributed by atoms with Crippen LogP contribution in [0.2, 0.25) is 0 Å². The lowest BCUT2D eigenvalue weighted by Gasteiger charge is -2.18. The van der Waals surface area contributed by atoms with Crippen LogP contribution in [0.15, 0.2) is 11.1 Å². The number of aromatic nitrogens is 2. The highest BCUT2D eigenvalue weighted by Gasteiger charge is 2.27. The third kappa shape index (κ3) is 2.26. The summed E-state index contributed by atoms with van der Waals surface area (Å²) in [7, 11) is -3.35. The maximum atomic E-state index is 12.3. The first-order valence-corrected chi connectivity index (χ1v) is 7.80. The largest absolute Gasteiger partial charge is 0.281 e. The van der Waals surface area contributed by atoms with Crippen molar-refractivity contribution in [2.24, 2.45) is 0 Å². The fraction of sp³-hybridized carbons (Fsp3) is 0.667. The van der Waals surface area contributed by atoms with Crippen molar-refractivity contribution in [2.75, 3.05) is 24.6 Å². The second kappa shape index (κ2) is 4.77. The lowest BCUT2D eigenvalue weighted by atomic mass is 10.5. The molecule has 1 aromatic heterocycles. The molecule has 2 heterocycles. The Morgan fingerprint density at radius 3 is 2.94 bits per heavy atom. The number of sulfonamides is 1. The molecule has 1 fully saturated rings. The zero-order valence-electron chi connectivity index (χ0n) is 9.14. The Bertz CT molecular complexity index is 447. The van der Waals surface area contributed by atoms with Crippen molar-refractivity contribution >= 4 is 21.8 Å². The molecule has 0 spiro atoms. The van der Waals surface area contributed by atoms with Crippen LogP contribution in [0.3, 0.4) is 0 Å². The highest BCUT2D eigenvalue weighted by molar-refractivity contribution is 7.99. The normalized spacial score (nSPS) is 19.6. The zero-order chi connectivity index (χ0) is 11.6. The molecule has 1 aliphatic rings. The second-order valence-corrected chi connectivity index (χ2v) is 6.86. The van der Waals surface area contributed by atoms with Crippen molar-refractivity contribution in [3.63, 3.8) is 0 Å². The van der Waals surface area contributed by atoms with Crippen LogP contribution >= 0.6 is 11.8 Å². The molecule has 16 heavy (non-hydrogen) atoms. The average molecular weight is 261 g/mol. The number of nitrogens with zero attached hydrogens (tertiary/aromatic N) is 2. The van der Waals surface area contributed by atoms with Crippen molar-refractivity contribution in [2.45, 2.75) is 18.2 Å². The summed E-state index contributed by atoms with van der Waals surface area (Å²) < 4.78 is 26.1. The van der Waals surface area contributed by atoms with Crippen LogP contribution in [0.25, 0.3) is 0 Å². The van der Waals surface area contributed by atoms with Gasteiger partial charge in [0.05, 0.1) is 11.9 Å². The molecule has 0 bridgehead atoms. The predicted molar refractivity (Wildman–Crippen MR) is 64.0 cm³/mol. The summed E-state index contributed by atoms with van der Waals surface area (Å²) in [6.45, 7) is 2.93. The van der Waals surface area contributed by atoms with Gasteiger partial charge in [-0.05, 0) is 19.1 Å². The van der Waals surface area contributed by atoms with E-state index in [1.807, 2.05) is 11.8 Å². The van der Waals surface area contributed by atoms with Crippen LogP contribution in [0.5, 0.6) is 0 Å². The van der Waals surface area contributed by atoms with Gasteiger partial charge in [-0.2, -0.15) is 21.2 Å². The van der Waals surface area contributed by atoms with E-state index in [-0.39, 0.29) is 0 Å². The second-order valence-electron chi connectivity index (χ2n) is 3.73. The fourth-order valence-corrected chi connectivity index (χ4v) is 4.30. The van der Waals surface area contributed by atoms with E-state index >= 15 is 0 Å². The van der Waals surface area contributed by atoms with Gasteiger partial charge in [0.2, 0.25) is 10.0 Å². The standard InChI is InChI=1S/C9H15N3O2S2/c1-8-9(7-10-11-8)16(13,14)12-3-2-5-15-6-4-12/h7H,2-6H2,1H3,(H,10,11). The van der Waals surface area contributed by atoms with Gasteiger partial charge in [0.15, 0.2) is 0 Å². The molecule has 90 valence electrons. The summed E-state index contributed by atoms with van der Waals surface area (Å²) in [6.07, 6.45) is 2.31. The summed E-state index contributed by atoms with van der Waals surface area (Å²) in [5.74, 6) is 1.91. The molecular formula is C9H15N3O2S2. The maximum Gasteiger partial charge on any atom is 0.246 e. The van der Waals surface area contributed by atoms with Crippen molar-refractivity contribution in [1.82, 2.24) is 14.5 Å². The third-order valence-electron chi connectivity index (χ3n) is 2.58. The monoisotopic (exact) mass is 261 g/mol. The van der Waals surface area contributed by atoms with E-state index in [1.165, 1.54) is 6.20 Å². The lowest BCUT2D eigenvalue weighted by Crippen LogP contribution is -2.33. The van der Waals surface area contributed by atoms with Crippen LogP contribution in [0, 0.1) is 6.92 Å². The molecule has 0 atom stereocenters. The number of H-pyrrole nitrogens is 1. The van der Waals surface area contributed by atoms with Gasteiger partial charge in [-0.25, -0.2) is 8.42 Å². The summed E-state index contributed by atoms with van der Waals surface area (Å²) >= 11 is 1.81. The Balaban J connectivity index is 2.27. The Morgan fingerprint density at radius 1 is 1.44 bits per heavy atom. The fourth-order valence-electron chi connectivity index (χ4n) is 1.70. The third-order valence-corrected chi connectivity index (χ3v) is 5.64. The highest BCUT2D eigenvalue weighted by Crippen LogP contribution is 2.20. The molecule has 0 radical (unpaired) electrons. The van der Waals surface area contributed by atoms with Crippen LogP contribution in [-0.2, 0) is 10.0 Å². The van der Waals surface area contributed by atoms with E-state index in [0.29, 0.717) is 23.7 Å². The highest BCUT2D eigenvalue weighted by atomic mass is 32.2. The first-order chi connectivity index (χ1) is 7.62. The minimum atomic E-state index is -3.35. The topological polar surface area (TPSA) is 66.1 Å². The Hall–Kier alpha value is -0.530. The number of hydrogen-bond donors (Lipinski definition) is 1. The van der Waals surface area contributed by atoms with Crippen LogP contribution in [-0.4, -0.2) is 47.5 Å². The first-order valence-electron chi connectivity index (χ1n) is 5.20. The van der Waals surface area contributed by atoms with E-state index in [4.69, 9.17) is 0 Å². The Labute approximate surface area is 99.7 Å². The van der Waals surface area contributed by atoms with Crippen molar-refractivity contribution in [3.05, 3.63) is 11.9 Å². The molecule has 5 nitrogen and oxygen atoms in total. The van der Waals surface area contributed by atoms with Crippen molar-refractivity contribution in [3.8, 4) is 0 Å². The van der Waals surface area contributed by atoms with Crippen LogP contribution < -0.4 is 0 Å². The van der Waals surface area contributed by atoms with Gasteiger partial charge in [-0.1, -0.05) is 0 Å². The SMILES string of the molecule is Cc1[nH]ncc1S(=O)(=O)N1CCCSCC1. The Kier molecular flexibility index (Phi) is 3.56. The van der Waals surface area contributed by atoms with E-state index in [2.05, 4.69) is 10.2 Å². The molecule has 0 amide bonds. The smallest absolute Gasteiger partial charge is 0.246 e. The van der Waals surface area contributed by atoms with Gasteiger partial charge >= 0.3 is 0 Å². The molecular weight excluding hydrogens is 246 g/mol. The molecule has 0 aromatic carbocycles. The van der Waals surface area contributed by atoms with Gasteiger partial charge in [0.25, 0.3) is 0 Å². The van der Waals surface area contributed by atoms with E-state index in [1.54, 1.807) is 11.2 Å². The van der Waals surface area contributed by atoms with E-state index in [9.17, 15) is 8.42 Å². The molecule has 1 N–H and O–H groups in total. The number of hydrogen-bond acceptors (Lipinski definition) is 4. The number of rotatable bonds is 2. The summed E-state index contributed by atoms with van der Waals surface area (Å²) in [4.78, 5) is 0.305. The quantitative estimate of drug-likeness (QED) is 0.857. The van der Waals surface area contributed by atoms with Gasteiger partial charge in [0, 0.05) is 18.8 Å². The maximum absolute atomic E-state index is 12.3. The number of aromatic amines is 1. The van der Waals surface area contributed by atoms with Gasteiger partial charge in [0.1, 0.15) is 4.90 Å². The number of aryl methyl sites for hydroxylation is 1. The number of nitrogens with one attached hydrogen (secondary N) is 1. The predicted octanol–water partition coefficient (Wildman–Crippen LogP) is 0.846. The molecule has 0 unspecified atom stereocenters. The summed E-state index contributed by atoms with van der Waals surface area (Å²) in [6, 6.07) is 0. The summed E-state index contributed by atoms with van der Waals surface area (Å²) in [5, 5.41) is 6.44. The minimum Gasteiger partial charge on any atom is -0.281 e.